The molecular formula is C22H22N4O2S. The molecule has 2 aromatic carbocycles. The number of rotatable bonds is 7. The van der Waals surface area contributed by atoms with E-state index in [1.807, 2.05) is 50.2 Å². The molecule has 0 amide bonds. The topological polar surface area (TPSA) is 66.0 Å². The summed E-state index contributed by atoms with van der Waals surface area (Å²) in [6.45, 7) is 6.58. The maximum atomic E-state index is 5.58. The molecule has 2 heterocycles. The zero-order chi connectivity index (χ0) is 20.2. The molecule has 4 rings (SSSR count). The van der Waals surface area contributed by atoms with Gasteiger partial charge in [-0.3, -0.25) is 4.57 Å². The average molecular weight is 407 g/mol. The largest absolute Gasteiger partial charge is 0.494 e. The highest BCUT2D eigenvalue weighted by molar-refractivity contribution is 7.98. The summed E-state index contributed by atoms with van der Waals surface area (Å²) in [5, 5.41) is 13.8. The Morgan fingerprint density at radius 1 is 1.03 bits per heavy atom. The Morgan fingerprint density at radius 3 is 2.55 bits per heavy atom. The van der Waals surface area contributed by atoms with Gasteiger partial charge in [0.05, 0.1) is 12.3 Å². The molecular weight excluding hydrogens is 384 g/mol. The van der Waals surface area contributed by atoms with Crippen molar-refractivity contribution >= 4 is 11.8 Å². The molecule has 0 spiro atoms. The normalized spacial score (nSPS) is 11.0. The summed E-state index contributed by atoms with van der Waals surface area (Å²) in [6, 6.07) is 18.2. The van der Waals surface area contributed by atoms with Crippen molar-refractivity contribution in [2.24, 2.45) is 0 Å². The van der Waals surface area contributed by atoms with E-state index < -0.39 is 0 Å². The lowest BCUT2D eigenvalue weighted by Crippen LogP contribution is -2.00. The second-order valence-electron chi connectivity index (χ2n) is 6.66. The fourth-order valence-electron chi connectivity index (χ4n) is 3.05. The second-order valence-corrected chi connectivity index (χ2v) is 7.60. The predicted octanol–water partition coefficient (Wildman–Crippen LogP) is 5.23. The minimum atomic E-state index is 0.638. The molecule has 29 heavy (non-hydrogen) atoms. The Balaban J connectivity index is 1.72. The van der Waals surface area contributed by atoms with Crippen molar-refractivity contribution in [1.82, 2.24) is 19.9 Å². The van der Waals surface area contributed by atoms with Crippen LogP contribution in [0.4, 0.5) is 0 Å². The Bertz CT molecular complexity index is 1100. The summed E-state index contributed by atoms with van der Waals surface area (Å²) in [5.41, 5.74) is 4.06. The molecule has 0 aliphatic carbocycles. The van der Waals surface area contributed by atoms with Gasteiger partial charge in [-0.15, -0.1) is 10.2 Å². The molecule has 0 saturated carbocycles. The lowest BCUT2D eigenvalue weighted by Gasteiger charge is -2.11. The van der Waals surface area contributed by atoms with Crippen LogP contribution in [-0.2, 0) is 5.75 Å². The summed E-state index contributed by atoms with van der Waals surface area (Å²) in [7, 11) is 0. The van der Waals surface area contributed by atoms with Gasteiger partial charge in [0.1, 0.15) is 11.5 Å². The maximum absolute atomic E-state index is 5.58. The maximum Gasteiger partial charge on any atom is 0.196 e. The minimum absolute atomic E-state index is 0.638. The van der Waals surface area contributed by atoms with E-state index >= 15 is 0 Å². The standard InChI is InChI=1S/C22H22N4O2S/c1-4-27-20-10-8-19(9-11-20)26-21(17-7-5-6-15(2)12-17)23-24-22(26)29-14-18-13-16(3)28-25-18/h5-13H,4,14H2,1-3H3. The van der Waals surface area contributed by atoms with Gasteiger partial charge >= 0.3 is 0 Å². The Morgan fingerprint density at radius 2 is 1.86 bits per heavy atom. The van der Waals surface area contributed by atoms with Crippen LogP contribution in [0.1, 0.15) is 23.9 Å². The van der Waals surface area contributed by atoms with E-state index in [1.54, 1.807) is 11.8 Å². The molecule has 0 fully saturated rings. The molecule has 0 aliphatic heterocycles. The van der Waals surface area contributed by atoms with E-state index in [9.17, 15) is 0 Å². The number of aryl methyl sites for hydroxylation is 2. The number of ether oxygens (including phenoxy) is 1. The van der Waals surface area contributed by atoms with Gasteiger partial charge in [-0.25, -0.2) is 0 Å². The summed E-state index contributed by atoms with van der Waals surface area (Å²) >= 11 is 1.58. The number of hydrogen-bond acceptors (Lipinski definition) is 6. The third-order valence-corrected chi connectivity index (χ3v) is 5.30. The Labute approximate surface area is 173 Å². The zero-order valence-electron chi connectivity index (χ0n) is 16.6. The van der Waals surface area contributed by atoms with Crippen LogP contribution in [0.3, 0.4) is 0 Å². The zero-order valence-corrected chi connectivity index (χ0v) is 17.4. The summed E-state index contributed by atoms with van der Waals surface area (Å²) in [6.07, 6.45) is 0. The summed E-state index contributed by atoms with van der Waals surface area (Å²) in [5.74, 6) is 3.10. The predicted molar refractivity (Wildman–Crippen MR) is 114 cm³/mol. The lowest BCUT2D eigenvalue weighted by molar-refractivity contribution is 0.340. The van der Waals surface area contributed by atoms with Gasteiger partial charge < -0.3 is 9.26 Å². The van der Waals surface area contributed by atoms with Crippen LogP contribution < -0.4 is 4.74 Å². The lowest BCUT2D eigenvalue weighted by atomic mass is 10.1. The second kappa shape index (κ2) is 8.53. The third kappa shape index (κ3) is 4.35. The molecule has 0 N–H and O–H groups in total. The Hall–Kier alpha value is -3.06. The van der Waals surface area contributed by atoms with Crippen molar-refractivity contribution in [1.29, 1.82) is 0 Å². The van der Waals surface area contributed by atoms with Crippen molar-refractivity contribution in [3.63, 3.8) is 0 Å². The summed E-state index contributed by atoms with van der Waals surface area (Å²) in [4.78, 5) is 0. The number of thioether (sulfide) groups is 1. The number of benzene rings is 2. The fourth-order valence-corrected chi connectivity index (χ4v) is 3.88. The van der Waals surface area contributed by atoms with Gasteiger partial charge in [0.15, 0.2) is 11.0 Å². The highest BCUT2D eigenvalue weighted by atomic mass is 32.2. The molecule has 4 aromatic rings. The van der Waals surface area contributed by atoms with E-state index in [4.69, 9.17) is 9.26 Å². The van der Waals surface area contributed by atoms with E-state index in [0.29, 0.717) is 12.4 Å². The number of aromatic nitrogens is 4. The van der Waals surface area contributed by atoms with Gasteiger partial charge in [-0.05, 0) is 51.1 Å². The van der Waals surface area contributed by atoms with Crippen LogP contribution in [-0.4, -0.2) is 26.5 Å². The fraction of sp³-hybridized carbons (Fsp3) is 0.227. The quantitative estimate of drug-likeness (QED) is 0.392. The van der Waals surface area contributed by atoms with E-state index in [-0.39, 0.29) is 0 Å². The van der Waals surface area contributed by atoms with E-state index in [0.717, 1.165) is 39.4 Å². The molecule has 0 unspecified atom stereocenters. The van der Waals surface area contributed by atoms with E-state index in [2.05, 4.69) is 45.0 Å². The summed E-state index contributed by atoms with van der Waals surface area (Å²) < 4.78 is 12.8. The van der Waals surface area contributed by atoms with Crippen molar-refractivity contribution in [2.45, 2.75) is 31.7 Å². The molecule has 0 atom stereocenters. The Kier molecular flexibility index (Phi) is 5.67. The van der Waals surface area contributed by atoms with Crippen LogP contribution in [0.5, 0.6) is 5.75 Å². The van der Waals surface area contributed by atoms with Gasteiger partial charge in [0.2, 0.25) is 0 Å². The van der Waals surface area contributed by atoms with Crippen LogP contribution in [0, 0.1) is 13.8 Å². The van der Waals surface area contributed by atoms with Crippen molar-refractivity contribution < 1.29 is 9.26 Å². The molecule has 0 aliphatic rings. The molecule has 0 radical (unpaired) electrons. The van der Waals surface area contributed by atoms with Crippen LogP contribution in [0.2, 0.25) is 0 Å². The molecule has 6 nitrogen and oxygen atoms in total. The van der Waals surface area contributed by atoms with Crippen molar-refractivity contribution in [2.75, 3.05) is 6.61 Å². The average Bonchev–Trinajstić information content (AvgIpc) is 3.33. The van der Waals surface area contributed by atoms with Gasteiger partial charge in [0, 0.05) is 23.1 Å². The third-order valence-electron chi connectivity index (χ3n) is 4.34. The number of nitrogens with zero attached hydrogens (tertiary/aromatic N) is 4. The van der Waals surface area contributed by atoms with Crippen LogP contribution in [0.25, 0.3) is 17.1 Å². The first-order chi connectivity index (χ1) is 14.1. The first-order valence-electron chi connectivity index (χ1n) is 9.44. The smallest absolute Gasteiger partial charge is 0.196 e. The van der Waals surface area contributed by atoms with Gasteiger partial charge in [-0.1, -0.05) is 40.7 Å². The molecule has 7 heteroatoms. The van der Waals surface area contributed by atoms with Crippen molar-refractivity contribution in [3.8, 4) is 22.8 Å². The SMILES string of the molecule is CCOc1ccc(-n2c(SCc3cc(C)on3)nnc2-c2cccc(C)c2)cc1. The molecule has 0 saturated heterocycles. The van der Waals surface area contributed by atoms with Gasteiger partial charge in [-0.2, -0.15) is 0 Å². The molecule has 0 bridgehead atoms. The van der Waals surface area contributed by atoms with Gasteiger partial charge in [0.25, 0.3) is 0 Å². The minimum Gasteiger partial charge on any atom is -0.494 e. The van der Waals surface area contributed by atoms with Crippen molar-refractivity contribution in [3.05, 3.63) is 71.6 Å². The highest BCUT2D eigenvalue weighted by Crippen LogP contribution is 2.30. The first-order valence-corrected chi connectivity index (χ1v) is 10.4. The molecule has 2 aromatic heterocycles. The molecule has 148 valence electrons. The highest BCUT2D eigenvalue weighted by Gasteiger charge is 2.17. The van der Waals surface area contributed by atoms with Crippen LogP contribution >= 0.6 is 11.8 Å². The van der Waals surface area contributed by atoms with E-state index in [1.165, 1.54) is 5.56 Å². The monoisotopic (exact) mass is 406 g/mol. The van der Waals surface area contributed by atoms with Crippen LogP contribution in [0.15, 0.2) is 64.3 Å². The number of hydrogen-bond donors (Lipinski definition) is 0. The first kappa shape index (κ1) is 19.3.